The molecule has 2 aromatic rings. The summed E-state index contributed by atoms with van der Waals surface area (Å²) in [6.45, 7) is 6.20. The second kappa shape index (κ2) is 5.74. The molecule has 1 aromatic heterocycles. The molecule has 0 amide bonds. The number of esters is 1. The molecule has 1 heterocycles. The van der Waals surface area contributed by atoms with Crippen molar-refractivity contribution in [2.45, 2.75) is 26.2 Å². The predicted molar refractivity (Wildman–Crippen MR) is 84.2 cm³/mol. The minimum Gasteiger partial charge on any atom is -0.442 e. The molecule has 20 heavy (non-hydrogen) atoms. The van der Waals surface area contributed by atoms with Gasteiger partial charge in [-0.2, -0.15) is 0 Å². The van der Waals surface area contributed by atoms with Crippen LogP contribution in [-0.2, 0) is 5.41 Å². The number of furan rings is 1. The summed E-state index contributed by atoms with van der Waals surface area (Å²) in [6.07, 6.45) is 0. The second-order valence-electron chi connectivity index (χ2n) is 5.38. The highest BCUT2D eigenvalue weighted by Gasteiger charge is 2.22. The van der Waals surface area contributed by atoms with E-state index in [2.05, 4.69) is 52.6 Å². The van der Waals surface area contributed by atoms with Gasteiger partial charge in [0.2, 0.25) is 5.76 Å². The number of hydrogen-bond donors (Lipinski definition) is 0. The van der Waals surface area contributed by atoms with Gasteiger partial charge in [-0.15, -0.1) is 0 Å². The van der Waals surface area contributed by atoms with E-state index < -0.39 is 5.97 Å². The first kappa shape index (κ1) is 15.3. The molecule has 0 spiro atoms. The molecule has 0 saturated heterocycles. The van der Waals surface area contributed by atoms with Gasteiger partial charge in [0.05, 0.1) is 0 Å². The molecule has 5 heteroatoms. The first-order valence-electron chi connectivity index (χ1n) is 6.05. The number of carbonyl (C=O) groups is 1. The fourth-order valence-electron chi connectivity index (χ4n) is 1.75. The van der Waals surface area contributed by atoms with Crippen LogP contribution in [0.25, 0.3) is 0 Å². The van der Waals surface area contributed by atoms with E-state index in [0.717, 1.165) is 10.0 Å². The van der Waals surface area contributed by atoms with Gasteiger partial charge >= 0.3 is 5.97 Å². The van der Waals surface area contributed by atoms with Crippen molar-refractivity contribution in [3.05, 3.63) is 50.8 Å². The van der Waals surface area contributed by atoms with Gasteiger partial charge in [0.25, 0.3) is 0 Å². The van der Waals surface area contributed by atoms with Crippen molar-refractivity contribution >= 4 is 37.8 Å². The second-order valence-corrected chi connectivity index (χ2v) is 7.08. The average molecular weight is 402 g/mol. The first-order chi connectivity index (χ1) is 9.27. The van der Waals surface area contributed by atoms with Crippen LogP contribution in [-0.4, -0.2) is 5.97 Å². The van der Waals surface area contributed by atoms with Gasteiger partial charge in [0.15, 0.2) is 4.67 Å². The molecule has 0 unspecified atom stereocenters. The number of halogens is 2. The van der Waals surface area contributed by atoms with Gasteiger partial charge in [0, 0.05) is 10.0 Å². The van der Waals surface area contributed by atoms with Crippen LogP contribution in [0.5, 0.6) is 5.75 Å². The summed E-state index contributed by atoms with van der Waals surface area (Å²) >= 11 is 6.60. The molecule has 0 aliphatic heterocycles. The largest absolute Gasteiger partial charge is 0.442 e. The van der Waals surface area contributed by atoms with Crippen molar-refractivity contribution in [1.29, 1.82) is 0 Å². The topological polar surface area (TPSA) is 39.4 Å². The number of rotatable bonds is 2. The van der Waals surface area contributed by atoms with Crippen LogP contribution in [0.2, 0.25) is 0 Å². The lowest BCUT2D eigenvalue weighted by Gasteiger charge is -2.22. The highest BCUT2D eigenvalue weighted by molar-refractivity contribution is 9.10. The molecule has 0 saturated carbocycles. The minimum atomic E-state index is -0.511. The van der Waals surface area contributed by atoms with Crippen LogP contribution >= 0.6 is 31.9 Å². The Morgan fingerprint density at radius 1 is 1.15 bits per heavy atom. The van der Waals surface area contributed by atoms with Crippen molar-refractivity contribution in [3.8, 4) is 5.75 Å². The third kappa shape index (κ3) is 3.52. The lowest BCUT2D eigenvalue weighted by molar-refractivity contribution is 0.0697. The molecular formula is C15H14Br2O3. The summed E-state index contributed by atoms with van der Waals surface area (Å²) in [5.74, 6) is 0.196. The zero-order valence-electron chi connectivity index (χ0n) is 11.4. The molecular weight excluding hydrogens is 388 g/mol. The van der Waals surface area contributed by atoms with Gasteiger partial charge < -0.3 is 9.15 Å². The average Bonchev–Trinajstić information content (AvgIpc) is 2.77. The SMILES string of the molecule is CC(C)(C)c1cc(Br)ccc1OC(=O)c1ccc(Br)o1. The summed E-state index contributed by atoms with van der Waals surface area (Å²) in [6, 6.07) is 8.81. The monoisotopic (exact) mass is 400 g/mol. The molecule has 0 bridgehead atoms. The molecule has 0 atom stereocenters. The van der Waals surface area contributed by atoms with Crippen molar-refractivity contribution in [2.75, 3.05) is 0 Å². The summed E-state index contributed by atoms with van der Waals surface area (Å²) < 4.78 is 12.1. The van der Waals surface area contributed by atoms with Gasteiger partial charge in [0.1, 0.15) is 5.75 Å². The van der Waals surface area contributed by atoms with Crippen molar-refractivity contribution in [2.24, 2.45) is 0 Å². The van der Waals surface area contributed by atoms with Crippen LogP contribution in [0.3, 0.4) is 0 Å². The van der Waals surface area contributed by atoms with Crippen molar-refractivity contribution < 1.29 is 13.9 Å². The van der Waals surface area contributed by atoms with Crippen LogP contribution in [0.15, 0.2) is 43.9 Å². The Morgan fingerprint density at radius 3 is 2.40 bits per heavy atom. The summed E-state index contributed by atoms with van der Waals surface area (Å²) in [7, 11) is 0. The Labute approximate surface area is 134 Å². The van der Waals surface area contributed by atoms with Gasteiger partial charge in [-0.05, 0) is 51.7 Å². The van der Waals surface area contributed by atoms with Crippen molar-refractivity contribution in [1.82, 2.24) is 0 Å². The summed E-state index contributed by atoms with van der Waals surface area (Å²) in [5, 5.41) is 0. The number of ether oxygens (including phenoxy) is 1. The predicted octanol–water partition coefficient (Wildman–Crippen LogP) is 5.32. The third-order valence-corrected chi connectivity index (χ3v) is 3.65. The molecule has 0 fully saturated rings. The number of benzene rings is 1. The Hall–Kier alpha value is -1.07. The van der Waals surface area contributed by atoms with E-state index in [1.165, 1.54) is 0 Å². The third-order valence-electron chi connectivity index (χ3n) is 2.73. The smallest absolute Gasteiger partial charge is 0.379 e. The maximum Gasteiger partial charge on any atom is 0.379 e. The highest BCUT2D eigenvalue weighted by Crippen LogP contribution is 2.34. The summed E-state index contributed by atoms with van der Waals surface area (Å²) in [4.78, 5) is 12.0. The normalized spacial score (nSPS) is 11.4. The van der Waals surface area contributed by atoms with E-state index >= 15 is 0 Å². The Morgan fingerprint density at radius 2 is 1.85 bits per heavy atom. The fraction of sp³-hybridized carbons (Fsp3) is 0.267. The van der Waals surface area contributed by atoms with E-state index in [1.54, 1.807) is 18.2 Å². The molecule has 0 aliphatic rings. The van der Waals surface area contributed by atoms with Crippen LogP contribution in [0.4, 0.5) is 0 Å². The maximum absolute atomic E-state index is 12.0. The molecule has 3 nitrogen and oxygen atoms in total. The number of hydrogen-bond acceptors (Lipinski definition) is 3. The van der Waals surface area contributed by atoms with E-state index in [0.29, 0.717) is 10.4 Å². The van der Waals surface area contributed by atoms with Crippen LogP contribution in [0, 0.1) is 0 Å². The van der Waals surface area contributed by atoms with E-state index in [4.69, 9.17) is 9.15 Å². The quantitative estimate of drug-likeness (QED) is 0.504. The molecule has 1 aromatic carbocycles. The van der Waals surface area contributed by atoms with E-state index in [1.807, 2.05) is 12.1 Å². The molecule has 0 radical (unpaired) electrons. The fourth-order valence-corrected chi connectivity index (χ4v) is 2.42. The number of carbonyl (C=O) groups excluding carboxylic acids is 1. The lowest BCUT2D eigenvalue weighted by atomic mass is 9.86. The molecule has 0 N–H and O–H groups in total. The zero-order valence-corrected chi connectivity index (χ0v) is 14.5. The Balaban J connectivity index is 2.32. The standard InChI is InChI=1S/C15H14Br2O3/c1-15(2,3)10-8-9(16)4-5-11(10)20-14(18)12-6-7-13(17)19-12/h4-8H,1-3H3. The first-order valence-corrected chi connectivity index (χ1v) is 7.63. The maximum atomic E-state index is 12.0. The van der Waals surface area contributed by atoms with Gasteiger partial charge in [-0.3, -0.25) is 0 Å². The Kier molecular flexibility index (Phi) is 4.39. The lowest BCUT2D eigenvalue weighted by Crippen LogP contribution is -2.16. The molecule has 106 valence electrons. The zero-order chi connectivity index (χ0) is 14.9. The Bertz CT molecular complexity index is 639. The summed E-state index contributed by atoms with van der Waals surface area (Å²) in [5.41, 5.74) is 0.814. The minimum absolute atomic E-state index is 0.136. The molecule has 0 aliphatic carbocycles. The highest BCUT2D eigenvalue weighted by atomic mass is 79.9. The van der Waals surface area contributed by atoms with Crippen LogP contribution in [0.1, 0.15) is 36.9 Å². The van der Waals surface area contributed by atoms with Gasteiger partial charge in [-0.1, -0.05) is 36.7 Å². The van der Waals surface area contributed by atoms with E-state index in [9.17, 15) is 4.79 Å². The van der Waals surface area contributed by atoms with Crippen molar-refractivity contribution in [3.63, 3.8) is 0 Å². The molecule has 2 rings (SSSR count). The van der Waals surface area contributed by atoms with Crippen LogP contribution < -0.4 is 4.74 Å². The van der Waals surface area contributed by atoms with E-state index in [-0.39, 0.29) is 11.2 Å². The van der Waals surface area contributed by atoms with Gasteiger partial charge in [-0.25, -0.2) is 4.79 Å².